The summed E-state index contributed by atoms with van der Waals surface area (Å²) < 4.78 is 19.9. The minimum atomic E-state index is -0.608. The van der Waals surface area contributed by atoms with Crippen molar-refractivity contribution in [2.24, 2.45) is 0 Å². The van der Waals surface area contributed by atoms with Gasteiger partial charge in [0.2, 0.25) is 0 Å². The Labute approximate surface area is 219 Å². The fourth-order valence-corrected chi connectivity index (χ4v) is 6.68. The van der Waals surface area contributed by atoms with E-state index in [0.29, 0.717) is 17.6 Å². The molecule has 4 atom stereocenters. The van der Waals surface area contributed by atoms with Gasteiger partial charge in [-0.15, -0.1) is 0 Å². The molecule has 8 nitrogen and oxygen atoms in total. The number of anilines is 1. The Morgan fingerprint density at radius 2 is 1.81 bits per heavy atom. The van der Waals surface area contributed by atoms with Crippen LogP contribution >= 0.6 is 23.5 Å². The van der Waals surface area contributed by atoms with Gasteiger partial charge in [0.05, 0.1) is 29.3 Å². The van der Waals surface area contributed by atoms with Crippen LogP contribution < -0.4 is 9.64 Å². The summed E-state index contributed by atoms with van der Waals surface area (Å²) in [5.41, 5.74) is 4.82. The monoisotopic (exact) mass is 528 g/mol. The maximum atomic E-state index is 9.95. The third-order valence-corrected chi connectivity index (χ3v) is 9.14. The van der Waals surface area contributed by atoms with Crippen molar-refractivity contribution in [1.29, 1.82) is 0 Å². The molecule has 0 amide bonds. The van der Waals surface area contributed by atoms with Crippen LogP contribution in [0.1, 0.15) is 12.8 Å². The lowest BCUT2D eigenvalue weighted by Gasteiger charge is -2.35. The Morgan fingerprint density at radius 1 is 1.03 bits per heavy atom. The number of aliphatic hydroxyl groups excluding tert-OH is 1. The van der Waals surface area contributed by atoms with Gasteiger partial charge in [0, 0.05) is 42.7 Å². The highest BCUT2D eigenvalue weighted by Gasteiger charge is 2.48. The van der Waals surface area contributed by atoms with Gasteiger partial charge in [-0.05, 0) is 42.7 Å². The van der Waals surface area contributed by atoms with Crippen LogP contribution in [-0.2, 0) is 9.47 Å². The van der Waals surface area contributed by atoms with Crippen molar-refractivity contribution >= 4 is 40.3 Å². The highest BCUT2D eigenvalue weighted by molar-refractivity contribution is 7.97. The fraction of sp³-hybridized carbons (Fsp3) is 0.500. The number of nitrogens with one attached hydrogen (secondary N) is 1. The molecule has 7 rings (SSSR count). The summed E-state index contributed by atoms with van der Waals surface area (Å²) in [5, 5.41) is 11.5. The van der Waals surface area contributed by atoms with Gasteiger partial charge in [-0.25, -0.2) is 4.31 Å². The van der Waals surface area contributed by atoms with Crippen LogP contribution in [0.2, 0.25) is 5.02 Å². The van der Waals surface area contributed by atoms with E-state index in [0.717, 1.165) is 53.6 Å². The number of aromatic nitrogens is 2. The van der Waals surface area contributed by atoms with Crippen LogP contribution in [0.5, 0.6) is 6.01 Å². The second-order valence-electron chi connectivity index (χ2n) is 9.98. The molecule has 36 heavy (non-hydrogen) atoms. The molecule has 2 aromatic carbocycles. The zero-order valence-electron chi connectivity index (χ0n) is 19.8. The summed E-state index contributed by atoms with van der Waals surface area (Å²) in [6.45, 7) is 4.95. The maximum Gasteiger partial charge on any atom is 0.295 e. The third kappa shape index (κ3) is 4.46. The number of H-pyrrole nitrogens is 1. The van der Waals surface area contributed by atoms with Crippen molar-refractivity contribution in [3.8, 4) is 17.1 Å². The highest BCUT2D eigenvalue weighted by Crippen LogP contribution is 2.37. The Morgan fingerprint density at radius 3 is 2.58 bits per heavy atom. The second-order valence-corrected chi connectivity index (χ2v) is 11.8. The number of rotatable bonds is 6. The quantitative estimate of drug-likeness (QED) is 0.468. The lowest BCUT2D eigenvalue weighted by Crippen LogP contribution is -2.43. The first kappa shape index (κ1) is 23.1. The number of nitrogens with zero attached hydrogens (tertiary/aromatic N) is 3. The van der Waals surface area contributed by atoms with Crippen molar-refractivity contribution in [2.45, 2.75) is 42.5 Å². The number of aromatic amines is 1. The first-order chi connectivity index (χ1) is 17.6. The first-order valence-electron chi connectivity index (χ1n) is 12.6. The van der Waals surface area contributed by atoms with E-state index in [-0.39, 0.29) is 24.9 Å². The molecule has 1 aliphatic carbocycles. The molecule has 0 spiro atoms. The molecule has 0 radical (unpaired) electrons. The van der Waals surface area contributed by atoms with Crippen LogP contribution in [0.4, 0.5) is 5.69 Å². The summed E-state index contributed by atoms with van der Waals surface area (Å²) in [4.78, 5) is 10.3. The largest absolute Gasteiger partial charge is 0.456 e. The standard InChI is InChI=1S/C26H29ClN4O4S/c27-19-12-21-20(28-26(29-21)35-23-14-34-24-22(32)13-33-25(23)24)11-18(19)15-1-3-16(4-2-15)30-7-9-31(10-8-30)36-17-5-6-17/h1-4,11-12,17,22-25,32H,5-10,13-14H2,(H,28,29)/t22?,23?,24-,25-/m1/s1. The third-order valence-electron chi connectivity index (χ3n) is 7.40. The minimum Gasteiger partial charge on any atom is -0.456 e. The van der Waals surface area contributed by atoms with Crippen LogP contribution in [0.3, 0.4) is 0 Å². The van der Waals surface area contributed by atoms with Gasteiger partial charge < -0.3 is 29.2 Å². The Hall–Kier alpha value is -2.01. The number of hydrogen-bond acceptors (Lipinski definition) is 8. The zero-order valence-corrected chi connectivity index (χ0v) is 21.4. The summed E-state index contributed by atoms with van der Waals surface area (Å²) >= 11 is 8.74. The summed E-state index contributed by atoms with van der Waals surface area (Å²) in [6, 6.07) is 12.9. The fourth-order valence-electron chi connectivity index (χ4n) is 5.26. The van der Waals surface area contributed by atoms with Crippen LogP contribution in [-0.4, -0.2) is 88.4 Å². The number of halogens is 1. The number of hydrogen-bond donors (Lipinski definition) is 2. The number of fused-ring (bicyclic) bond motifs is 2. The molecule has 2 N–H and O–H groups in total. The topological polar surface area (TPSA) is 83.1 Å². The van der Waals surface area contributed by atoms with E-state index in [1.807, 2.05) is 12.1 Å². The molecule has 1 aromatic heterocycles. The molecular formula is C26H29ClN4O4S. The molecular weight excluding hydrogens is 500 g/mol. The SMILES string of the molecule is OC1CO[C@@H]2C(Oc3nc4cc(-c5ccc(N6CCN(SC7CC7)CC6)cc5)c(Cl)cc4[nH]3)CO[C@H]12. The minimum absolute atomic E-state index is 0.267. The van der Waals surface area contributed by atoms with E-state index in [1.54, 1.807) is 0 Å². The normalized spacial score (nSPS) is 28.7. The van der Waals surface area contributed by atoms with Gasteiger partial charge in [0.1, 0.15) is 18.3 Å². The van der Waals surface area contributed by atoms with Crippen molar-refractivity contribution < 1.29 is 19.3 Å². The van der Waals surface area contributed by atoms with Gasteiger partial charge in [0.15, 0.2) is 6.10 Å². The lowest BCUT2D eigenvalue weighted by molar-refractivity contribution is 0.00706. The molecule has 4 fully saturated rings. The average molecular weight is 529 g/mol. The van der Waals surface area contributed by atoms with Crippen LogP contribution in [0, 0.1) is 0 Å². The molecule has 3 aromatic rings. The first-order valence-corrected chi connectivity index (χ1v) is 13.9. The molecule has 2 unspecified atom stereocenters. The van der Waals surface area contributed by atoms with Crippen molar-refractivity contribution in [3.63, 3.8) is 0 Å². The van der Waals surface area contributed by atoms with Gasteiger partial charge in [-0.1, -0.05) is 35.7 Å². The Balaban J connectivity index is 1.05. The Bertz CT molecular complexity index is 1240. The van der Waals surface area contributed by atoms with E-state index in [1.165, 1.54) is 18.5 Å². The predicted octanol–water partition coefficient (Wildman–Crippen LogP) is 3.72. The smallest absolute Gasteiger partial charge is 0.295 e. The number of ether oxygens (including phenoxy) is 3. The Kier molecular flexibility index (Phi) is 6.03. The highest BCUT2D eigenvalue weighted by atomic mass is 35.5. The van der Waals surface area contributed by atoms with Gasteiger partial charge in [0.25, 0.3) is 6.01 Å². The average Bonchev–Trinajstić information content (AvgIpc) is 3.30. The molecule has 3 aliphatic heterocycles. The van der Waals surface area contributed by atoms with Crippen molar-refractivity contribution in [2.75, 3.05) is 44.3 Å². The maximum absolute atomic E-state index is 9.95. The van der Waals surface area contributed by atoms with Crippen LogP contribution in [0.25, 0.3) is 22.2 Å². The molecule has 3 saturated heterocycles. The van der Waals surface area contributed by atoms with Gasteiger partial charge >= 0.3 is 0 Å². The molecule has 0 bridgehead atoms. The van der Waals surface area contributed by atoms with E-state index >= 15 is 0 Å². The van der Waals surface area contributed by atoms with Gasteiger partial charge in [-0.2, -0.15) is 4.98 Å². The molecule has 4 heterocycles. The second kappa shape index (κ2) is 9.38. The number of aliphatic hydroxyl groups is 1. The van der Waals surface area contributed by atoms with Gasteiger partial charge in [-0.3, -0.25) is 0 Å². The number of imidazole rings is 1. The lowest BCUT2D eigenvalue weighted by atomic mass is 10.0. The number of benzene rings is 2. The van der Waals surface area contributed by atoms with E-state index in [4.69, 9.17) is 25.8 Å². The zero-order chi connectivity index (χ0) is 24.2. The van der Waals surface area contributed by atoms with Crippen molar-refractivity contribution in [1.82, 2.24) is 14.3 Å². The van der Waals surface area contributed by atoms with E-state index in [2.05, 4.69) is 55.4 Å². The molecule has 4 aliphatic rings. The summed E-state index contributed by atoms with van der Waals surface area (Å²) in [7, 11) is 0. The summed E-state index contributed by atoms with van der Waals surface area (Å²) in [5.74, 6) is 0. The molecule has 10 heteroatoms. The molecule has 1 saturated carbocycles. The number of piperazine rings is 1. The van der Waals surface area contributed by atoms with E-state index in [9.17, 15) is 5.11 Å². The summed E-state index contributed by atoms with van der Waals surface area (Å²) in [6.07, 6.45) is 1.21. The van der Waals surface area contributed by atoms with Crippen molar-refractivity contribution in [3.05, 3.63) is 41.4 Å². The van der Waals surface area contributed by atoms with E-state index < -0.39 is 6.10 Å². The van der Waals surface area contributed by atoms with Crippen LogP contribution in [0.15, 0.2) is 36.4 Å². The molecule has 190 valence electrons. The predicted molar refractivity (Wildman–Crippen MR) is 141 cm³/mol.